The summed E-state index contributed by atoms with van der Waals surface area (Å²) < 4.78 is 6.01. The van der Waals surface area contributed by atoms with Crippen LogP contribution in [0.15, 0.2) is 22.0 Å². The number of anilines is 1. The van der Waals surface area contributed by atoms with E-state index >= 15 is 0 Å². The molecule has 0 aliphatic carbocycles. The quantitative estimate of drug-likeness (QED) is 0.733. The molecule has 108 valence electrons. The number of aryl methyl sites for hydroxylation is 1. The maximum Gasteiger partial charge on any atom is 0.279 e. The minimum atomic E-state index is -0.373. The molecule has 3 aromatic rings. The molecule has 0 radical (unpaired) electrons. The van der Waals surface area contributed by atoms with E-state index < -0.39 is 0 Å². The number of hydrogen-bond donors (Lipinski definition) is 1. The number of carbonyl (C=O) groups is 1. The normalized spacial score (nSPS) is 10.8. The lowest BCUT2D eigenvalue weighted by Gasteiger charge is -1.96. The van der Waals surface area contributed by atoms with Crippen LogP contribution in [-0.4, -0.2) is 16.0 Å². The zero-order valence-electron chi connectivity index (χ0n) is 10.5. The average molecular weight is 360 g/mol. The average Bonchev–Trinajstić information content (AvgIpc) is 3.10. The van der Waals surface area contributed by atoms with Crippen molar-refractivity contribution >= 4 is 56.9 Å². The zero-order valence-corrected chi connectivity index (χ0v) is 13.7. The number of hydrogen-bond acceptors (Lipinski definition) is 6. The molecule has 3 heterocycles. The summed E-state index contributed by atoms with van der Waals surface area (Å²) in [5.41, 5.74) is 1.63. The molecule has 0 saturated heterocycles. The third kappa shape index (κ3) is 3.11. The zero-order chi connectivity index (χ0) is 15.0. The largest absolute Gasteiger partial charge is 0.361 e. The first-order valence-corrected chi connectivity index (χ1v) is 8.13. The van der Waals surface area contributed by atoms with Crippen molar-refractivity contribution in [2.24, 2.45) is 0 Å². The van der Waals surface area contributed by atoms with Crippen molar-refractivity contribution in [1.82, 2.24) is 10.1 Å². The minimum Gasteiger partial charge on any atom is -0.361 e. The fraction of sp³-hybridized carbons (Fsp3) is 0.0833. The molecule has 3 aromatic heterocycles. The molecule has 9 heteroatoms. The summed E-state index contributed by atoms with van der Waals surface area (Å²) in [6.45, 7) is 1.72. The second-order valence-electron chi connectivity index (χ2n) is 4.05. The van der Waals surface area contributed by atoms with Crippen molar-refractivity contribution in [2.75, 3.05) is 5.32 Å². The molecule has 5 nitrogen and oxygen atoms in total. The van der Waals surface area contributed by atoms with Gasteiger partial charge in [-0.2, -0.15) is 0 Å². The number of amides is 1. The fourth-order valence-electron chi connectivity index (χ4n) is 1.60. The van der Waals surface area contributed by atoms with Gasteiger partial charge in [0.05, 0.1) is 10.0 Å². The van der Waals surface area contributed by atoms with Crippen molar-refractivity contribution in [1.29, 1.82) is 0 Å². The smallest absolute Gasteiger partial charge is 0.279 e. The van der Waals surface area contributed by atoms with E-state index in [1.54, 1.807) is 24.4 Å². The number of thiophene rings is 1. The van der Waals surface area contributed by atoms with Crippen LogP contribution in [0.25, 0.3) is 11.3 Å². The molecule has 1 N–H and O–H groups in total. The van der Waals surface area contributed by atoms with Crippen LogP contribution in [0.2, 0.25) is 8.67 Å². The highest BCUT2D eigenvalue weighted by Crippen LogP contribution is 2.38. The Morgan fingerprint density at radius 3 is 2.81 bits per heavy atom. The maximum atomic E-state index is 11.9. The summed E-state index contributed by atoms with van der Waals surface area (Å²) in [5, 5.41) is 8.56. The highest BCUT2D eigenvalue weighted by molar-refractivity contribution is 7.20. The topological polar surface area (TPSA) is 68.0 Å². The van der Waals surface area contributed by atoms with Crippen molar-refractivity contribution in [3.05, 3.63) is 37.6 Å². The van der Waals surface area contributed by atoms with Gasteiger partial charge in [0, 0.05) is 17.0 Å². The molecule has 21 heavy (non-hydrogen) atoms. The molecule has 0 aliphatic heterocycles. The Labute approximate surface area is 137 Å². The second kappa shape index (κ2) is 5.76. The first-order valence-electron chi connectivity index (χ1n) is 5.68. The highest BCUT2D eigenvalue weighted by Gasteiger charge is 2.15. The van der Waals surface area contributed by atoms with Crippen LogP contribution < -0.4 is 5.32 Å². The molecular formula is C12H7Cl2N3O2S2. The minimum absolute atomic E-state index is 0.209. The molecule has 0 fully saturated rings. The molecule has 0 aromatic carbocycles. The highest BCUT2D eigenvalue weighted by atomic mass is 35.5. The van der Waals surface area contributed by atoms with Gasteiger partial charge in [-0.05, 0) is 13.0 Å². The van der Waals surface area contributed by atoms with Gasteiger partial charge in [0.25, 0.3) is 5.91 Å². The lowest BCUT2D eigenvalue weighted by Crippen LogP contribution is -2.11. The van der Waals surface area contributed by atoms with Gasteiger partial charge >= 0.3 is 0 Å². The van der Waals surface area contributed by atoms with Gasteiger partial charge in [0.15, 0.2) is 10.8 Å². The van der Waals surface area contributed by atoms with Crippen LogP contribution in [0, 0.1) is 6.92 Å². The van der Waals surface area contributed by atoms with Crippen LogP contribution in [0.4, 0.5) is 5.13 Å². The summed E-state index contributed by atoms with van der Waals surface area (Å²) in [5.74, 6) is 0.196. The van der Waals surface area contributed by atoms with E-state index in [1.165, 1.54) is 22.7 Å². The van der Waals surface area contributed by atoms with Gasteiger partial charge in [-0.25, -0.2) is 4.98 Å². The summed E-state index contributed by atoms with van der Waals surface area (Å²) >= 11 is 14.6. The molecule has 0 saturated carbocycles. The Balaban J connectivity index is 1.79. The standard InChI is InChI=1S/C12H7Cl2N3O2S2/c1-5-2-7(17-19-5)11(18)16-12-15-8(4-20-12)6-3-9(13)21-10(6)14/h2-4H,1H3,(H,15,16,18). The van der Waals surface area contributed by atoms with Crippen molar-refractivity contribution in [2.45, 2.75) is 6.92 Å². The molecule has 0 unspecified atom stereocenters. The molecule has 0 atom stereocenters. The van der Waals surface area contributed by atoms with E-state index in [4.69, 9.17) is 27.7 Å². The van der Waals surface area contributed by atoms with Crippen LogP contribution in [-0.2, 0) is 0 Å². The van der Waals surface area contributed by atoms with Gasteiger partial charge in [-0.1, -0.05) is 28.4 Å². The number of thiazole rings is 1. The number of nitrogens with one attached hydrogen (secondary N) is 1. The van der Waals surface area contributed by atoms with E-state index in [9.17, 15) is 4.79 Å². The summed E-state index contributed by atoms with van der Waals surface area (Å²) in [4.78, 5) is 16.3. The van der Waals surface area contributed by atoms with Gasteiger partial charge in [-0.15, -0.1) is 22.7 Å². The SMILES string of the molecule is Cc1cc(C(=O)Nc2nc(-c3cc(Cl)sc3Cl)cs2)no1. The second-order valence-corrected chi connectivity index (χ2v) is 7.20. The van der Waals surface area contributed by atoms with Gasteiger partial charge < -0.3 is 4.52 Å². The Bertz CT molecular complexity index is 809. The number of aromatic nitrogens is 2. The van der Waals surface area contributed by atoms with Crippen LogP contribution in [0.1, 0.15) is 16.2 Å². The maximum absolute atomic E-state index is 11.9. The molecule has 0 bridgehead atoms. The Hall–Kier alpha value is -1.41. The Morgan fingerprint density at radius 1 is 1.38 bits per heavy atom. The molecule has 0 spiro atoms. The number of halogens is 2. The fourth-order valence-corrected chi connectivity index (χ4v) is 3.79. The molecule has 3 rings (SSSR count). The third-order valence-corrected chi connectivity index (χ3v) is 4.76. The lowest BCUT2D eigenvalue weighted by molar-refractivity contribution is 0.101. The van der Waals surface area contributed by atoms with Gasteiger partial charge in [0.2, 0.25) is 0 Å². The van der Waals surface area contributed by atoms with E-state index in [1.807, 2.05) is 0 Å². The van der Waals surface area contributed by atoms with Crippen LogP contribution >= 0.6 is 45.9 Å². The van der Waals surface area contributed by atoms with Crippen molar-refractivity contribution in [3.63, 3.8) is 0 Å². The van der Waals surface area contributed by atoms with E-state index in [0.717, 1.165) is 5.56 Å². The monoisotopic (exact) mass is 359 g/mol. The van der Waals surface area contributed by atoms with Crippen LogP contribution in [0.5, 0.6) is 0 Å². The number of nitrogens with zero attached hydrogens (tertiary/aromatic N) is 2. The summed E-state index contributed by atoms with van der Waals surface area (Å²) in [6.07, 6.45) is 0. The summed E-state index contributed by atoms with van der Waals surface area (Å²) in [6, 6.07) is 3.30. The molecular weight excluding hydrogens is 353 g/mol. The van der Waals surface area contributed by atoms with Crippen molar-refractivity contribution < 1.29 is 9.32 Å². The molecule has 1 amide bonds. The predicted molar refractivity (Wildman–Crippen MR) is 84.6 cm³/mol. The lowest BCUT2D eigenvalue weighted by atomic mass is 10.3. The number of rotatable bonds is 3. The van der Waals surface area contributed by atoms with E-state index in [2.05, 4.69) is 15.5 Å². The van der Waals surface area contributed by atoms with E-state index in [-0.39, 0.29) is 11.6 Å². The number of carbonyl (C=O) groups excluding carboxylic acids is 1. The summed E-state index contributed by atoms with van der Waals surface area (Å²) in [7, 11) is 0. The van der Waals surface area contributed by atoms with E-state index in [0.29, 0.717) is 25.3 Å². The van der Waals surface area contributed by atoms with Crippen molar-refractivity contribution in [3.8, 4) is 11.3 Å². The molecule has 0 aliphatic rings. The first-order chi connectivity index (χ1) is 10.0. The van der Waals surface area contributed by atoms with Gasteiger partial charge in [0.1, 0.15) is 10.1 Å². The first kappa shape index (κ1) is 14.5. The van der Waals surface area contributed by atoms with Crippen LogP contribution in [0.3, 0.4) is 0 Å². The predicted octanol–water partition coefficient (Wildman–Crippen LogP) is 4.73. The van der Waals surface area contributed by atoms with Gasteiger partial charge in [-0.3, -0.25) is 10.1 Å². The Morgan fingerprint density at radius 2 is 2.19 bits per heavy atom. The Kier molecular flexibility index (Phi) is 3.99. The third-order valence-electron chi connectivity index (χ3n) is 2.52.